The van der Waals surface area contributed by atoms with E-state index in [0.29, 0.717) is 11.7 Å². The highest BCUT2D eigenvalue weighted by molar-refractivity contribution is 5.87. The second-order valence-corrected chi connectivity index (χ2v) is 8.58. The van der Waals surface area contributed by atoms with Crippen molar-refractivity contribution in [3.63, 3.8) is 0 Å². The number of rotatable bonds is 0. The molecule has 0 spiro atoms. The molecule has 1 N–H and O–H groups in total. The largest absolute Gasteiger partial charge is 0.392 e. The maximum atomic E-state index is 12.4. The molecule has 6 atom stereocenters. The lowest BCUT2D eigenvalue weighted by atomic mass is 9.53. The number of piperidine rings is 2. The summed E-state index contributed by atoms with van der Waals surface area (Å²) < 4.78 is 0. The Morgan fingerprint density at radius 1 is 1.10 bits per heavy atom. The molecule has 2 saturated heterocycles. The smallest absolute Gasteiger partial charge is 0.139 e. The minimum atomic E-state index is -0.128. The normalized spacial score (nSPS) is 54.0. The molecule has 0 aromatic rings. The van der Waals surface area contributed by atoms with Gasteiger partial charge in [0.05, 0.1) is 6.10 Å². The molecule has 118 valence electrons. The van der Waals surface area contributed by atoms with Crippen molar-refractivity contribution in [2.24, 2.45) is 23.2 Å². The Kier molecular flexibility index (Phi) is 3.07. The fourth-order valence-corrected chi connectivity index (χ4v) is 6.48. The van der Waals surface area contributed by atoms with E-state index < -0.39 is 0 Å². The summed E-state index contributed by atoms with van der Waals surface area (Å²) in [6.07, 6.45) is 7.47. The Morgan fingerprint density at radius 3 is 2.71 bits per heavy atom. The van der Waals surface area contributed by atoms with Crippen molar-refractivity contribution in [2.45, 2.75) is 70.4 Å². The van der Waals surface area contributed by atoms with Crippen LogP contribution in [0.15, 0.2) is 0 Å². The van der Waals surface area contributed by atoms with E-state index in [1.807, 2.05) is 0 Å². The van der Waals surface area contributed by atoms with E-state index in [4.69, 9.17) is 0 Å². The lowest BCUT2D eigenvalue weighted by molar-refractivity contribution is -0.144. The van der Waals surface area contributed by atoms with Crippen LogP contribution in [0, 0.1) is 23.2 Å². The van der Waals surface area contributed by atoms with Gasteiger partial charge in [-0.25, -0.2) is 0 Å². The second-order valence-electron chi connectivity index (χ2n) is 8.58. The molecule has 2 heterocycles. The van der Waals surface area contributed by atoms with Gasteiger partial charge in [0.1, 0.15) is 5.78 Å². The van der Waals surface area contributed by atoms with Crippen molar-refractivity contribution in [1.82, 2.24) is 4.90 Å². The maximum Gasteiger partial charge on any atom is 0.139 e. The molecule has 0 radical (unpaired) electrons. The van der Waals surface area contributed by atoms with Gasteiger partial charge in [-0.3, -0.25) is 9.69 Å². The first-order valence-corrected chi connectivity index (χ1v) is 8.91. The first kappa shape index (κ1) is 14.2. The Hall–Kier alpha value is -0.410. The summed E-state index contributed by atoms with van der Waals surface area (Å²) >= 11 is 0. The van der Waals surface area contributed by atoms with Gasteiger partial charge in [-0.15, -0.1) is 0 Å². The predicted octanol–water partition coefficient (Wildman–Crippen LogP) is 2.62. The van der Waals surface area contributed by atoms with E-state index in [1.165, 1.54) is 12.8 Å². The van der Waals surface area contributed by atoms with Gasteiger partial charge in [-0.05, 0) is 69.7 Å². The molecule has 2 aliphatic heterocycles. The summed E-state index contributed by atoms with van der Waals surface area (Å²) in [4.78, 5) is 14.9. The van der Waals surface area contributed by atoms with E-state index in [1.54, 1.807) is 0 Å². The zero-order valence-electron chi connectivity index (χ0n) is 13.5. The van der Waals surface area contributed by atoms with Gasteiger partial charge < -0.3 is 5.11 Å². The van der Waals surface area contributed by atoms with Crippen LogP contribution in [0.3, 0.4) is 0 Å². The molecular formula is C18H29NO2. The Balaban J connectivity index is 1.64. The second kappa shape index (κ2) is 4.55. The highest BCUT2D eigenvalue weighted by atomic mass is 16.3. The summed E-state index contributed by atoms with van der Waals surface area (Å²) in [7, 11) is 0. The molecular weight excluding hydrogens is 262 g/mol. The number of hydrogen-bond acceptors (Lipinski definition) is 3. The molecule has 0 bridgehead atoms. The fraction of sp³-hybridized carbons (Fsp3) is 0.944. The number of fused-ring (bicyclic) bond motifs is 5. The number of β-amino-alcohol motifs (C(OH)–C–C–N with tert-alkyl or cyclic N) is 1. The lowest BCUT2D eigenvalue weighted by Crippen LogP contribution is -2.65. The van der Waals surface area contributed by atoms with Crippen LogP contribution in [0.1, 0.15) is 58.8 Å². The molecule has 21 heavy (non-hydrogen) atoms. The van der Waals surface area contributed by atoms with Crippen molar-refractivity contribution in [2.75, 3.05) is 13.1 Å². The van der Waals surface area contributed by atoms with E-state index in [0.717, 1.165) is 57.0 Å². The first-order chi connectivity index (χ1) is 9.95. The van der Waals surface area contributed by atoms with Crippen LogP contribution in [0.4, 0.5) is 0 Å². The fourth-order valence-electron chi connectivity index (χ4n) is 6.48. The van der Waals surface area contributed by atoms with Gasteiger partial charge in [-0.2, -0.15) is 0 Å². The summed E-state index contributed by atoms with van der Waals surface area (Å²) in [5.74, 6) is 2.65. The molecule has 3 nitrogen and oxygen atoms in total. The number of carbonyl (C=O) groups is 1. The number of hydrogen-bond donors (Lipinski definition) is 1. The topological polar surface area (TPSA) is 40.5 Å². The monoisotopic (exact) mass is 291 g/mol. The van der Waals surface area contributed by atoms with Crippen LogP contribution in [0.2, 0.25) is 0 Å². The molecule has 2 saturated carbocycles. The standard InChI is InChI=1S/C18H29NO2/c1-17-8-6-15-13(14(17)3-4-16(17)21)7-10-19-11-12(20)5-9-18(15,19)2/h12-15,20H,3-11H2,1-2H3/t12-,13+,14+,15+,17+,18-/m1/s1. The third kappa shape index (κ3) is 1.83. The molecule has 3 heteroatoms. The van der Waals surface area contributed by atoms with Gasteiger partial charge in [0.25, 0.3) is 0 Å². The minimum absolute atomic E-state index is 0.00607. The molecule has 0 aromatic carbocycles. The van der Waals surface area contributed by atoms with Crippen LogP contribution in [0.25, 0.3) is 0 Å². The van der Waals surface area contributed by atoms with E-state index in [-0.39, 0.29) is 17.1 Å². The lowest BCUT2D eigenvalue weighted by Gasteiger charge is -2.61. The van der Waals surface area contributed by atoms with Crippen LogP contribution in [0.5, 0.6) is 0 Å². The zero-order chi connectivity index (χ0) is 14.8. The van der Waals surface area contributed by atoms with Gasteiger partial charge in [0, 0.05) is 23.9 Å². The first-order valence-electron chi connectivity index (χ1n) is 8.91. The van der Waals surface area contributed by atoms with E-state index in [9.17, 15) is 9.90 Å². The van der Waals surface area contributed by atoms with E-state index in [2.05, 4.69) is 18.7 Å². The van der Waals surface area contributed by atoms with Crippen LogP contribution in [-0.4, -0.2) is 40.5 Å². The molecule has 4 fully saturated rings. The Bertz CT molecular complexity index is 464. The Morgan fingerprint density at radius 2 is 1.90 bits per heavy atom. The summed E-state index contributed by atoms with van der Waals surface area (Å²) in [5.41, 5.74) is 0.267. The predicted molar refractivity (Wildman–Crippen MR) is 81.9 cm³/mol. The molecule has 4 aliphatic rings. The minimum Gasteiger partial charge on any atom is -0.392 e. The number of carbonyl (C=O) groups excluding carboxylic acids is 1. The summed E-state index contributed by atoms with van der Waals surface area (Å²) in [6.45, 7) is 6.67. The number of aliphatic hydroxyl groups excluding tert-OH is 1. The number of Topliss-reactive ketones (excluding diaryl/α,β-unsaturated/α-hetero) is 1. The average Bonchev–Trinajstić information content (AvgIpc) is 2.76. The molecule has 0 aromatic heterocycles. The number of nitrogens with zero attached hydrogens (tertiary/aromatic N) is 1. The van der Waals surface area contributed by atoms with Gasteiger partial charge in [-0.1, -0.05) is 6.92 Å². The Labute approximate surface area is 128 Å². The molecule has 0 unspecified atom stereocenters. The van der Waals surface area contributed by atoms with Crippen molar-refractivity contribution in [3.8, 4) is 0 Å². The molecule has 4 rings (SSSR count). The van der Waals surface area contributed by atoms with E-state index >= 15 is 0 Å². The van der Waals surface area contributed by atoms with Crippen molar-refractivity contribution < 1.29 is 9.90 Å². The third-order valence-electron chi connectivity index (χ3n) is 7.81. The van der Waals surface area contributed by atoms with Crippen LogP contribution >= 0.6 is 0 Å². The van der Waals surface area contributed by atoms with Gasteiger partial charge in [0.2, 0.25) is 0 Å². The molecule has 0 amide bonds. The number of ketones is 1. The van der Waals surface area contributed by atoms with Crippen molar-refractivity contribution in [1.29, 1.82) is 0 Å². The maximum absolute atomic E-state index is 12.4. The third-order valence-corrected chi connectivity index (χ3v) is 7.81. The summed E-state index contributed by atoms with van der Waals surface area (Å²) in [6, 6.07) is 0. The highest BCUT2D eigenvalue weighted by Crippen LogP contribution is 2.60. The van der Waals surface area contributed by atoms with Crippen LogP contribution in [-0.2, 0) is 4.79 Å². The quantitative estimate of drug-likeness (QED) is 0.746. The van der Waals surface area contributed by atoms with Crippen LogP contribution < -0.4 is 0 Å². The summed E-state index contributed by atoms with van der Waals surface area (Å²) in [5, 5.41) is 10.00. The average molecular weight is 291 g/mol. The number of aliphatic hydroxyl groups is 1. The van der Waals surface area contributed by atoms with Gasteiger partial charge >= 0.3 is 0 Å². The van der Waals surface area contributed by atoms with Crippen molar-refractivity contribution >= 4 is 5.78 Å². The zero-order valence-corrected chi connectivity index (χ0v) is 13.5. The van der Waals surface area contributed by atoms with Gasteiger partial charge in [0.15, 0.2) is 0 Å². The molecule has 2 aliphatic carbocycles. The SMILES string of the molecule is C[C@]12CC[C@H]3[C@@H](CCN4C[C@H](O)CC[C@]34C)[C@@H]1CCC2=O. The highest BCUT2D eigenvalue weighted by Gasteiger charge is 2.59. The van der Waals surface area contributed by atoms with Crippen molar-refractivity contribution in [3.05, 3.63) is 0 Å².